The molecule has 192 valence electrons. The van der Waals surface area contributed by atoms with E-state index in [-0.39, 0.29) is 30.2 Å². The number of hydrogen-bond acceptors (Lipinski definition) is 5. The Labute approximate surface area is 207 Å². The van der Waals surface area contributed by atoms with E-state index < -0.39 is 35.1 Å². The minimum Gasteiger partial charge on any atom is -0.394 e. The van der Waals surface area contributed by atoms with Crippen LogP contribution >= 0.6 is 0 Å². The van der Waals surface area contributed by atoms with E-state index in [1.807, 2.05) is 58.0 Å². The molecule has 3 fully saturated rings. The molecular formula is C27H39N3O5. The number of benzene rings is 1. The third-order valence-corrected chi connectivity index (χ3v) is 8.45. The first-order valence-corrected chi connectivity index (χ1v) is 13.0. The number of likely N-dealkylation sites (tertiary alicyclic amines) is 1. The molecule has 1 spiro atoms. The molecule has 2 bridgehead atoms. The lowest BCUT2D eigenvalue weighted by molar-refractivity contribution is -0.151. The van der Waals surface area contributed by atoms with E-state index in [9.17, 15) is 19.5 Å². The molecule has 35 heavy (non-hydrogen) atoms. The molecular weight excluding hydrogens is 446 g/mol. The Morgan fingerprint density at radius 2 is 1.89 bits per heavy atom. The van der Waals surface area contributed by atoms with E-state index in [1.165, 1.54) is 0 Å². The first-order valence-electron chi connectivity index (χ1n) is 13.0. The molecule has 3 N–H and O–H groups in total. The van der Waals surface area contributed by atoms with E-state index in [0.29, 0.717) is 25.9 Å². The van der Waals surface area contributed by atoms with Gasteiger partial charge in [0.05, 0.1) is 30.1 Å². The summed E-state index contributed by atoms with van der Waals surface area (Å²) in [5, 5.41) is 16.3. The van der Waals surface area contributed by atoms with Gasteiger partial charge in [0.1, 0.15) is 11.6 Å². The van der Waals surface area contributed by atoms with Crippen LogP contribution in [-0.4, -0.2) is 64.2 Å². The lowest BCUT2D eigenvalue weighted by atomic mass is 9.66. The van der Waals surface area contributed by atoms with Crippen molar-refractivity contribution in [3.05, 3.63) is 35.9 Å². The smallest absolute Gasteiger partial charge is 0.246 e. The van der Waals surface area contributed by atoms with E-state index in [4.69, 9.17) is 4.74 Å². The molecule has 3 aliphatic heterocycles. The van der Waals surface area contributed by atoms with Crippen molar-refractivity contribution in [1.82, 2.24) is 15.5 Å². The second-order valence-corrected chi connectivity index (χ2v) is 10.6. The highest BCUT2D eigenvalue weighted by Crippen LogP contribution is 2.63. The molecule has 3 amide bonds. The number of nitrogens with one attached hydrogen (secondary N) is 2. The first-order chi connectivity index (χ1) is 16.7. The molecule has 3 heterocycles. The molecule has 1 aromatic rings. The zero-order valence-electron chi connectivity index (χ0n) is 21.3. The Kier molecular flexibility index (Phi) is 7.25. The summed E-state index contributed by atoms with van der Waals surface area (Å²) in [6.07, 6.45) is 2.65. The summed E-state index contributed by atoms with van der Waals surface area (Å²) in [5.74, 6) is -2.19. The van der Waals surface area contributed by atoms with Gasteiger partial charge in [-0.3, -0.25) is 14.4 Å². The number of amides is 3. The van der Waals surface area contributed by atoms with E-state index in [0.717, 1.165) is 18.4 Å². The SMILES string of the molecule is CCCNC(=O)[C@@H]1[C@H]2C(=O)N([C@@H](CO)[C@@H](C)CC)C(C(=O)NCc3ccccc3)C23CC[C@@]1(C)O3. The van der Waals surface area contributed by atoms with E-state index in [1.54, 1.807) is 4.90 Å². The molecule has 3 saturated heterocycles. The molecule has 0 aromatic heterocycles. The van der Waals surface area contributed by atoms with Gasteiger partial charge >= 0.3 is 0 Å². The van der Waals surface area contributed by atoms with Gasteiger partial charge < -0.3 is 25.4 Å². The number of fused-ring (bicyclic) bond motifs is 1. The average Bonchev–Trinajstić information content (AvgIpc) is 3.43. The average molecular weight is 486 g/mol. The largest absolute Gasteiger partial charge is 0.394 e. The second kappa shape index (κ2) is 9.90. The van der Waals surface area contributed by atoms with Gasteiger partial charge in [-0.25, -0.2) is 0 Å². The predicted octanol–water partition coefficient (Wildman–Crippen LogP) is 2.00. The molecule has 0 radical (unpaired) electrons. The van der Waals surface area contributed by atoms with Crippen molar-refractivity contribution in [1.29, 1.82) is 0 Å². The van der Waals surface area contributed by atoms with E-state index in [2.05, 4.69) is 10.6 Å². The number of hydrogen-bond donors (Lipinski definition) is 3. The Hall–Kier alpha value is -2.45. The fourth-order valence-corrected chi connectivity index (χ4v) is 6.48. The first kappa shape index (κ1) is 25.6. The van der Waals surface area contributed by atoms with Gasteiger partial charge in [0.25, 0.3) is 0 Å². The Balaban J connectivity index is 1.72. The summed E-state index contributed by atoms with van der Waals surface area (Å²) >= 11 is 0. The standard InChI is InChI=1S/C27H39N3O5/c1-5-14-28-23(32)20-21-25(34)30(19(16-31)17(3)6-2)22(27(21)13-12-26(20,4)35-27)24(33)29-15-18-10-8-7-9-11-18/h7-11,17,19-22,31H,5-6,12-16H2,1-4H3,(H,28,32)(H,29,33)/t17-,19-,20-,21-,22?,26+,27?/m0/s1. The summed E-state index contributed by atoms with van der Waals surface area (Å²) in [4.78, 5) is 42.8. The zero-order chi connectivity index (χ0) is 25.4. The number of carbonyl (C=O) groups excluding carboxylic acids is 3. The highest BCUT2D eigenvalue weighted by molar-refractivity contribution is 5.99. The van der Waals surface area contributed by atoms with Gasteiger partial charge in [0, 0.05) is 13.1 Å². The summed E-state index contributed by atoms with van der Waals surface area (Å²) in [5.41, 5.74) is -0.929. The maximum atomic E-state index is 14.1. The summed E-state index contributed by atoms with van der Waals surface area (Å²) < 4.78 is 6.61. The number of aliphatic hydroxyl groups excluding tert-OH is 1. The van der Waals surface area contributed by atoms with Crippen LogP contribution in [0.5, 0.6) is 0 Å². The minimum absolute atomic E-state index is 0.0243. The lowest BCUT2D eigenvalue weighted by Gasteiger charge is -2.39. The number of rotatable bonds is 10. The van der Waals surface area contributed by atoms with Crippen LogP contribution in [0.4, 0.5) is 0 Å². The number of aliphatic hydroxyl groups is 1. The normalized spacial score (nSPS) is 32.9. The molecule has 4 rings (SSSR count). The van der Waals surface area contributed by atoms with Crippen molar-refractivity contribution in [2.75, 3.05) is 13.2 Å². The van der Waals surface area contributed by atoms with Crippen LogP contribution < -0.4 is 10.6 Å². The molecule has 2 unspecified atom stereocenters. The molecule has 8 nitrogen and oxygen atoms in total. The highest BCUT2D eigenvalue weighted by atomic mass is 16.5. The number of carbonyl (C=O) groups is 3. The molecule has 3 aliphatic rings. The van der Waals surface area contributed by atoms with Crippen molar-refractivity contribution in [3.8, 4) is 0 Å². The van der Waals surface area contributed by atoms with Crippen molar-refractivity contribution in [2.24, 2.45) is 17.8 Å². The molecule has 7 atom stereocenters. The predicted molar refractivity (Wildman–Crippen MR) is 131 cm³/mol. The maximum Gasteiger partial charge on any atom is 0.246 e. The van der Waals surface area contributed by atoms with Crippen LogP contribution in [-0.2, 0) is 25.7 Å². The van der Waals surface area contributed by atoms with Crippen LogP contribution in [0.1, 0.15) is 58.9 Å². The van der Waals surface area contributed by atoms with Gasteiger partial charge in [0.2, 0.25) is 17.7 Å². The van der Waals surface area contributed by atoms with Crippen molar-refractivity contribution in [3.63, 3.8) is 0 Å². The molecule has 0 aliphatic carbocycles. The molecule has 1 aromatic carbocycles. The molecule has 8 heteroatoms. The number of nitrogens with zero attached hydrogens (tertiary/aromatic N) is 1. The fourth-order valence-electron chi connectivity index (χ4n) is 6.48. The van der Waals surface area contributed by atoms with Crippen LogP contribution in [0.2, 0.25) is 0 Å². The Bertz CT molecular complexity index is 955. The highest BCUT2D eigenvalue weighted by Gasteiger charge is 2.78. The lowest BCUT2D eigenvalue weighted by Crippen LogP contribution is -2.59. The monoisotopic (exact) mass is 485 g/mol. The van der Waals surface area contributed by atoms with Gasteiger partial charge in [-0.2, -0.15) is 0 Å². The van der Waals surface area contributed by atoms with Crippen LogP contribution in [0.15, 0.2) is 30.3 Å². The summed E-state index contributed by atoms with van der Waals surface area (Å²) in [7, 11) is 0. The van der Waals surface area contributed by atoms with Crippen molar-refractivity contribution < 1.29 is 24.2 Å². The van der Waals surface area contributed by atoms with Crippen LogP contribution in [0.25, 0.3) is 0 Å². The minimum atomic E-state index is -1.08. The fraction of sp³-hybridized carbons (Fsp3) is 0.667. The van der Waals surface area contributed by atoms with Gasteiger partial charge in [-0.15, -0.1) is 0 Å². The van der Waals surface area contributed by atoms with Crippen LogP contribution in [0, 0.1) is 17.8 Å². The number of ether oxygens (including phenoxy) is 1. The summed E-state index contributed by atoms with van der Waals surface area (Å²) in [6, 6.07) is 8.17. The quantitative estimate of drug-likeness (QED) is 0.470. The maximum absolute atomic E-state index is 14.1. The summed E-state index contributed by atoms with van der Waals surface area (Å²) in [6.45, 7) is 8.45. The third-order valence-electron chi connectivity index (χ3n) is 8.45. The molecule has 0 saturated carbocycles. The topological polar surface area (TPSA) is 108 Å². The Morgan fingerprint density at radius 3 is 2.51 bits per heavy atom. The zero-order valence-corrected chi connectivity index (χ0v) is 21.3. The third kappa shape index (κ3) is 4.14. The van der Waals surface area contributed by atoms with Gasteiger partial charge in [0.15, 0.2) is 0 Å². The second-order valence-electron chi connectivity index (χ2n) is 10.6. The van der Waals surface area contributed by atoms with Crippen molar-refractivity contribution >= 4 is 17.7 Å². The van der Waals surface area contributed by atoms with Crippen LogP contribution in [0.3, 0.4) is 0 Å². The van der Waals surface area contributed by atoms with E-state index >= 15 is 0 Å². The Morgan fingerprint density at radius 1 is 1.17 bits per heavy atom. The van der Waals surface area contributed by atoms with Gasteiger partial charge in [-0.1, -0.05) is 57.5 Å². The van der Waals surface area contributed by atoms with Gasteiger partial charge in [-0.05, 0) is 37.7 Å². The van der Waals surface area contributed by atoms with Crippen molar-refractivity contribution in [2.45, 2.75) is 83.2 Å².